The van der Waals surface area contributed by atoms with Crippen LogP contribution in [0.25, 0.3) is 22.5 Å². The van der Waals surface area contributed by atoms with Gasteiger partial charge in [0, 0.05) is 35.3 Å². The van der Waals surface area contributed by atoms with E-state index in [-0.39, 0.29) is 5.69 Å². The summed E-state index contributed by atoms with van der Waals surface area (Å²) < 4.78 is 4.06. The first-order valence-electron chi connectivity index (χ1n) is 14.3. The Morgan fingerprint density at radius 2 is 1.84 bits per heavy atom. The standard InChI is InChI=1S/C30H39N7O/c1-3-5-13-25-21-37(28-16-8-6-7-12-22(28)11-4-2)30(38)36(25)20-24-18-17-23(19-31-24)26-14-9-10-15-27(26)29-32-34-35-33-29/h9-10,14-15,17-19,21-22,28H,3-8,11-13,16,20H2,1-2H3,(H,32,33,34,35). The zero-order valence-electron chi connectivity index (χ0n) is 22.6. The predicted octanol–water partition coefficient (Wildman–Crippen LogP) is 6.20. The van der Waals surface area contributed by atoms with E-state index in [1.165, 1.54) is 38.5 Å². The van der Waals surface area contributed by atoms with Crippen molar-refractivity contribution < 1.29 is 0 Å². The Balaban J connectivity index is 1.44. The van der Waals surface area contributed by atoms with Crippen molar-refractivity contribution >= 4 is 0 Å². The minimum Gasteiger partial charge on any atom is -0.296 e. The van der Waals surface area contributed by atoms with Gasteiger partial charge in [0.25, 0.3) is 0 Å². The van der Waals surface area contributed by atoms with Gasteiger partial charge in [0.15, 0.2) is 5.82 Å². The lowest BCUT2D eigenvalue weighted by Crippen LogP contribution is -2.31. The molecule has 0 bridgehead atoms. The number of benzene rings is 1. The maximum absolute atomic E-state index is 13.9. The van der Waals surface area contributed by atoms with Gasteiger partial charge in [-0.05, 0) is 60.1 Å². The van der Waals surface area contributed by atoms with E-state index in [0.717, 1.165) is 53.8 Å². The van der Waals surface area contributed by atoms with Gasteiger partial charge in [-0.15, -0.1) is 5.10 Å². The van der Waals surface area contributed by atoms with Gasteiger partial charge in [0.2, 0.25) is 0 Å². The number of nitrogens with zero attached hydrogens (tertiary/aromatic N) is 6. The Morgan fingerprint density at radius 3 is 2.58 bits per heavy atom. The first kappa shape index (κ1) is 26.1. The van der Waals surface area contributed by atoms with Crippen LogP contribution in [0.1, 0.15) is 89.1 Å². The number of aromatic nitrogens is 7. The average Bonchev–Trinajstić information content (AvgIpc) is 3.52. The predicted molar refractivity (Wildman–Crippen MR) is 150 cm³/mol. The quantitative estimate of drug-likeness (QED) is 0.255. The third kappa shape index (κ3) is 5.64. The number of aromatic amines is 1. The summed E-state index contributed by atoms with van der Waals surface area (Å²) in [7, 11) is 0. The van der Waals surface area contributed by atoms with Crippen molar-refractivity contribution in [2.75, 3.05) is 0 Å². The smallest absolute Gasteiger partial charge is 0.296 e. The van der Waals surface area contributed by atoms with E-state index in [4.69, 9.17) is 4.98 Å². The Hall–Kier alpha value is -3.55. The number of unbranched alkanes of at least 4 members (excludes halogenated alkanes) is 1. The zero-order chi connectivity index (χ0) is 26.3. The fourth-order valence-electron chi connectivity index (χ4n) is 6.00. The summed E-state index contributed by atoms with van der Waals surface area (Å²) in [6.45, 7) is 4.96. The summed E-state index contributed by atoms with van der Waals surface area (Å²) in [4.78, 5) is 18.6. The second-order valence-electron chi connectivity index (χ2n) is 10.6. The fraction of sp³-hybridized carbons (Fsp3) is 0.500. The van der Waals surface area contributed by atoms with Gasteiger partial charge in [-0.3, -0.25) is 14.1 Å². The van der Waals surface area contributed by atoms with Crippen LogP contribution in [0.15, 0.2) is 53.6 Å². The molecule has 2 atom stereocenters. The molecular weight excluding hydrogens is 474 g/mol. The SMILES string of the molecule is CCCCc1cn(C2CCCCCC2CCC)c(=O)n1Cc1ccc(-c2ccccc2-c2nnn[nH]2)cn1. The molecule has 8 heteroatoms. The van der Waals surface area contributed by atoms with E-state index in [2.05, 4.69) is 51.3 Å². The van der Waals surface area contributed by atoms with Crippen molar-refractivity contribution in [1.29, 1.82) is 0 Å². The molecule has 5 rings (SSSR count). The number of nitrogens with one attached hydrogen (secondary N) is 1. The minimum absolute atomic E-state index is 0.123. The molecule has 1 saturated carbocycles. The molecule has 38 heavy (non-hydrogen) atoms. The lowest BCUT2D eigenvalue weighted by molar-refractivity contribution is 0.284. The summed E-state index contributed by atoms with van der Waals surface area (Å²) >= 11 is 0. The summed E-state index contributed by atoms with van der Waals surface area (Å²) in [5.74, 6) is 1.21. The molecule has 3 aromatic heterocycles. The van der Waals surface area contributed by atoms with E-state index in [0.29, 0.717) is 24.3 Å². The van der Waals surface area contributed by atoms with Gasteiger partial charge in [-0.2, -0.15) is 0 Å². The van der Waals surface area contributed by atoms with E-state index in [1.54, 1.807) is 0 Å². The third-order valence-corrected chi connectivity index (χ3v) is 7.99. The molecule has 200 valence electrons. The van der Waals surface area contributed by atoms with Crippen molar-refractivity contribution in [3.05, 3.63) is 70.7 Å². The van der Waals surface area contributed by atoms with E-state index in [9.17, 15) is 4.79 Å². The van der Waals surface area contributed by atoms with Gasteiger partial charge in [-0.25, -0.2) is 9.89 Å². The first-order valence-corrected chi connectivity index (χ1v) is 14.3. The molecule has 0 aliphatic heterocycles. The summed E-state index contributed by atoms with van der Waals surface area (Å²) in [6.07, 6.45) is 15.6. The molecule has 3 heterocycles. The van der Waals surface area contributed by atoms with Crippen LogP contribution >= 0.6 is 0 Å². The lowest BCUT2D eigenvalue weighted by atomic mass is 9.90. The molecule has 2 unspecified atom stereocenters. The number of hydrogen-bond acceptors (Lipinski definition) is 5. The Morgan fingerprint density at radius 1 is 1.00 bits per heavy atom. The molecular formula is C30H39N7O. The lowest BCUT2D eigenvalue weighted by Gasteiger charge is -2.25. The van der Waals surface area contributed by atoms with Crippen molar-refractivity contribution in [3.63, 3.8) is 0 Å². The molecule has 8 nitrogen and oxygen atoms in total. The van der Waals surface area contributed by atoms with Gasteiger partial charge in [0.05, 0.1) is 12.2 Å². The van der Waals surface area contributed by atoms with Crippen LogP contribution in [0.3, 0.4) is 0 Å². The largest absolute Gasteiger partial charge is 0.328 e. The number of aryl methyl sites for hydroxylation is 1. The molecule has 0 radical (unpaired) electrons. The van der Waals surface area contributed by atoms with E-state index >= 15 is 0 Å². The van der Waals surface area contributed by atoms with Crippen molar-refractivity contribution in [3.8, 4) is 22.5 Å². The second kappa shape index (κ2) is 12.3. The van der Waals surface area contributed by atoms with Gasteiger partial charge >= 0.3 is 5.69 Å². The molecule has 1 N–H and O–H groups in total. The Bertz CT molecular complexity index is 1350. The van der Waals surface area contributed by atoms with Gasteiger partial charge in [0.1, 0.15) is 0 Å². The molecule has 1 aliphatic carbocycles. The van der Waals surface area contributed by atoms with E-state index < -0.39 is 0 Å². The van der Waals surface area contributed by atoms with Crippen LogP contribution in [0.5, 0.6) is 0 Å². The number of imidazole rings is 1. The summed E-state index contributed by atoms with van der Waals surface area (Å²) in [5, 5.41) is 14.4. The van der Waals surface area contributed by atoms with Crippen LogP contribution in [0, 0.1) is 5.92 Å². The van der Waals surface area contributed by atoms with Crippen LogP contribution < -0.4 is 5.69 Å². The number of H-pyrrole nitrogens is 1. The molecule has 4 aromatic rings. The van der Waals surface area contributed by atoms with Crippen LogP contribution in [-0.4, -0.2) is 34.7 Å². The molecule has 0 saturated heterocycles. The molecule has 1 aliphatic rings. The summed E-state index contributed by atoms with van der Waals surface area (Å²) in [6, 6.07) is 12.4. The number of tetrazole rings is 1. The first-order chi connectivity index (χ1) is 18.7. The topological polar surface area (TPSA) is 94.3 Å². The van der Waals surface area contributed by atoms with Crippen LogP contribution in [0.4, 0.5) is 0 Å². The summed E-state index contributed by atoms with van der Waals surface area (Å²) in [5.41, 5.74) is 5.05. The number of rotatable bonds is 10. The third-order valence-electron chi connectivity index (χ3n) is 7.99. The highest BCUT2D eigenvalue weighted by Gasteiger charge is 2.27. The zero-order valence-corrected chi connectivity index (χ0v) is 22.6. The van der Waals surface area contributed by atoms with Gasteiger partial charge < -0.3 is 0 Å². The maximum atomic E-state index is 13.9. The monoisotopic (exact) mass is 513 g/mol. The van der Waals surface area contributed by atoms with Crippen LogP contribution in [-0.2, 0) is 13.0 Å². The Kier molecular flexibility index (Phi) is 8.46. The average molecular weight is 514 g/mol. The second-order valence-corrected chi connectivity index (χ2v) is 10.6. The molecule has 1 aromatic carbocycles. The van der Waals surface area contributed by atoms with Crippen molar-refractivity contribution in [2.24, 2.45) is 5.92 Å². The normalized spacial score (nSPS) is 17.9. The highest BCUT2D eigenvalue weighted by molar-refractivity contribution is 5.79. The number of pyridine rings is 1. The fourth-order valence-corrected chi connectivity index (χ4v) is 6.00. The maximum Gasteiger partial charge on any atom is 0.328 e. The van der Waals surface area contributed by atoms with Crippen molar-refractivity contribution in [1.82, 2.24) is 34.7 Å². The van der Waals surface area contributed by atoms with Crippen LogP contribution in [0.2, 0.25) is 0 Å². The molecule has 0 amide bonds. The molecule has 0 spiro atoms. The van der Waals surface area contributed by atoms with E-state index in [1.807, 2.05) is 41.1 Å². The highest BCUT2D eigenvalue weighted by atomic mass is 16.1. The Labute approximate surface area is 224 Å². The number of hydrogen-bond donors (Lipinski definition) is 1. The minimum atomic E-state index is 0.123. The van der Waals surface area contributed by atoms with Crippen molar-refractivity contribution in [2.45, 2.75) is 90.6 Å². The van der Waals surface area contributed by atoms with Gasteiger partial charge in [-0.1, -0.05) is 76.3 Å². The molecule has 1 fully saturated rings. The highest BCUT2D eigenvalue weighted by Crippen LogP contribution is 2.35.